The average Bonchev–Trinajstić information content (AvgIpc) is 2.53. The van der Waals surface area contributed by atoms with Gasteiger partial charge in [0.2, 0.25) is 21.8 Å². The molecule has 8 nitrogen and oxygen atoms in total. The third kappa shape index (κ3) is 4.76. The van der Waals surface area contributed by atoms with Gasteiger partial charge in [0.25, 0.3) is 0 Å². The number of carbonyl (C=O) groups excluding carboxylic acids is 2. The van der Waals surface area contributed by atoms with E-state index in [0.717, 1.165) is 4.31 Å². The summed E-state index contributed by atoms with van der Waals surface area (Å²) in [4.78, 5) is 23.3. The second-order valence-electron chi connectivity index (χ2n) is 5.78. The van der Waals surface area contributed by atoms with Crippen molar-refractivity contribution < 1.29 is 18.0 Å². The second-order valence-corrected chi connectivity index (χ2v) is 7.72. The lowest BCUT2D eigenvalue weighted by Crippen LogP contribution is -2.49. The molecule has 24 heavy (non-hydrogen) atoms. The lowest BCUT2D eigenvalue weighted by molar-refractivity contribution is -0.122. The van der Waals surface area contributed by atoms with Crippen LogP contribution in [0.3, 0.4) is 0 Å². The van der Waals surface area contributed by atoms with Gasteiger partial charge in [0.15, 0.2) is 0 Å². The molecule has 0 aromatic heterocycles. The van der Waals surface area contributed by atoms with Gasteiger partial charge >= 0.3 is 0 Å². The third-order valence-electron chi connectivity index (χ3n) is 3.59. The number of hydrogen-bond acceptors (Lipinski definition) is 5. The second kappa shape index (κ2) is 7.73. The quantitative estimate of drug-likeness (QED) is 0.657. The molecule has 1 atom stereocenters. The summed E-state index contributed by atoms with van der Waals surface area (Å²) < 4.78 is 26.3. The highest BCUT2D eigenvalue weighted by Crippen LogP contribution is 2.20. The standard InChI is InChI=1S/C15H22N4O4S/c1-11(16)5-6-14(20)18-12-3-2-4-13(9-12)24(22,23)19-8-7-17-15(21)10-19/h2-4,9,11H,5-8,10,16H2,1H3,(H,17,21)(H,18,20). The van der Waals surface area contributed by atoms with Crippen molar-refractivity contribution in [2.24, 2.45) is 5.73 Å². The van der Waals surface area contributed by atoms with Crippen LogP contribution in [-0.2, 0) is 19.6 Å². The number of nitrogens with one attached hydrogen (secondary N) is 2. The number of nitrogens with two attached hydrogens (primary N) is 1. The normalized spacial score (nSPS) is 17.2. The highest BCUT2D eigenvalue weighted by Gasteiger charge is 2.29. The van der Waals surface area contributed by atoms with Crippen LogP contribution in [0.15, 0.2) is 29.2 Å². The molecule has 2 rings (SSSR count). The van der Waals surface area contributed by atoms with Crippen LogP contribution in [-0.4, -0.2) is 50.2 Å². The molecule has 1 heterocycles. The minimum Gasteiger partial charge on any atom is -0.354 e. The fourth-order valence-corrected chi connectivity index (χ4v) is 3.73. The Kier molecular flexibility index (Phi) is 5.92. The predicted molar refractivity (Wildman–Crippen MR) is 89.7 cm³/mol. The van der Waals surface area contributed by atoms with Gasteiger partial charge < -0.3 is 16.4 Å². The van der Waals surface area contributed by atoms with E-state index in [1.54, 1.807) is 12.1 Å². The lowest BCUT2D eigenvalue weighted by atomic mass is 10.2. The van der Waals surface area contributed by atoms with Crippen molar-refractivity contribution in [2.45, 2.75) is 30.7 Å². The van der Waals surface area contributed by atoms with Gasteiger partial charge in [0.05, 0.1) is 11.4 Å². The zero-order valence-corrected chi connectivity index (χ0v) is 14.3. The molecule has 4 N–H and O–H groups in total. The zero-order chi connectivity index (χ0) is 17.7. The van der Waals surface area contributed by atoms with Crippen molar-refractivity contribution in [3.05, 3.63) is 24.3 Å². The van der Waals surface area contributed by atoms with Crippen molar-refractivity contribution in [3.63, 3.8) is 0 Å². The van der Waals surface area contributed by atoms with Crippen LogP contribution in [0.25, 0.3) is 0 Å². The maximum absolute atomic E-state index is 12.6. The summed E-state index contributed by atoms with van der Waals surface area (Å²) in [5, 5.41) is 5.25. The number of hydrogen-bond donors (Lipinski definition) is 3. The SMILES string of the molecule is CC(N)CCC(=O)Nc1cccc(S(=O)(=O)N2CCNC(=O)C2)c1. The van der Waals surface area contributed by atoms with Gasteiger partial charge in [-0.2, -0.15) is 4.31 Å². The van der Waals surface area contributed by atoms with E-state index in [2.05, 4.69) is 10.6 Å². The summed E-state index contributed by atoms with van der Waals surface area (Å²) in [6, 6.07) is 5.93. The number of rotatable bonds is 6. The predicted octanol–water partition coefficient (Wildman–Crippen LogP) is -0.127. The van der Waals surface area contributed by atoms with Crippen LogP contribution in [0.4, 0.5) is 5.69 Å². The molecule has 2 amide bonds. The fourth-order valence-electron chi connectivity index (χ4n) is 2.29. The molecule has 1 aromatic rings. The maximum atomic E-state index is 12.6. The Balaban J connectivity index is 2.11. The van der Waals surface area contributed by atoms with Gasteiger partial charge in [-0.1, -0.05) is 6.07 Å². The van der Waals surface area contributed by atoms with Gasteiger partial charge in [-0.25, -0.2) is 8.42 Å². The summed E-state index contributed by atoms with van der Waals surface area (Å²) >= 11 is 0. The Hall–Kier alpha value is -1.97. The van der Waals surface area contributed by atoms with Gasteiger partial charge in [0.1, 0.15) is 0 Å². The first kappa shape index (κ1) is 18.4. The van der Waals surface area contributed by atoms with Crippen LogP contribution < -0.4 is 16.4 Å². The van der Waals surface area contributed by atoms with Crippen LogP contribution in [0.1, 0.15) is 19.8 Å². The van der Waals surface area contributed by atoms with Gasteiger partial charge in [-0.05, 0) is 31.5 Å². The zero-order valence-electron chi connectivity index (χ0n) is 13.5. The molecule has 0 aliphatic carbocycles. The maximum Gasteiger partial charge on any atom is 0.243 e. The van der Waals surface area contributed by atoms with E-state index >= 15 is 0 Å². The fraction of sp³-hybridized carbons (Fsp3) is 0.467. The average molecular weight is 354 g/mol. The van der Waals surface area contributed by atoms with E-state index in [1.807, 2.05) is 6.92 Å². The molecular weight excluding hydrogens is 332 g/mol. The molecule has 9 heteroatoms. The first-order chi connectivity index (χ1) is 11.3. The summed E-state index contributed by atoms with van der Waals surface area (Å²) in [6.45, 7) is 2.12. The van der Waals surface area contributed by atoms with Crippen LogP contribution >= 0.6 is 0 Å². The minimum atomic E-state index is -3.78. The summed E-state index contributed by atoms with van der Waals surface area (Å²) in [6.07, 6.45) is 0.813. The molecule has 0 spiro atoms. The molecule has 1 fully saturated rings. The molecule has 1 saturated heterocycles. The number of amides is 2. The topological polar surface area (TPSA) is 122 Å². The Morgan fingerprint density at radius 1 is 1.46 bits per heavy atom. The summed E-state index contributed by atoms with van der Waals surface area (Å²) in [5.41, 5.74) is 6.01. The molecule has 0 bridgehead atoms. The third-order valence-corrected chi connectivity index (χ3v) is 5.43. The molecule has 1 aliphatic rings. The molecule has 0 radical (unpaired) electrons. The van der Waals surface area contributed by atoms with Crippen LogP contribution in [0.5, 0.6) is 0 Å². The Morgan fingerprint density at radius 3 is 2.88 bits per heavy atom. The van der Waals surface area contributed by atoms with Gasteiger partial charge in [0, 0.05) is 31.2 Å². The van der Waals surface area contributed by atoms with E-state index in [1.165, 1.54) is 12.1 Å². The van der Waals surface area contributed by atoms with Crippen molar-refractivity contribution in [1.29, 1.82) is 0 Å². The van der Waals surface area contributed by atoms with Crippen molar-refractivity contribution >= 4 is 27.5 Å². The van der Waals surface area contributed by atoms with E-state index in [9.17, 15) is 18.0 Å². The van der Waals surface area contributed by atoms with Gasteiger partial charge in [-0.3, -0.25) is 9.59 Å². The first-order valence-corrected chi connectivity index (χ1v) is 9.15. The van der Waals surface area contributed by atoms with Crippen molar-refractivity contribution in [1.82, 2.24) is 9.62 Å². The molecule has 1 unspecified atom stereocenters. The number of nitrogens with zero attached hydrogens (tertiary/aromatic N) is 1. The Morgan fingerprint density at radius 2 is 2.21 bits per heavy atom. The molecule has 1 aliphatic heterocycles. The minimum absolute atomic E-state index is 0.0437. The number of sulfonamides is 1. The van der Waals surface area contributed by atoms with E-state index < -0.39 is 10.0 Å². The largest absolute Gasteiger partial charge is 0.354 e. The van der Waals surface area contributed by atoms with Crippen LogP contribution in [0, 0.1) is 0 Å². The number of anilines is 1. The lowest BCUT2D eigenvalue weighted by Gasteiger charge is -2.26. The highest BCUT2D eigenvalue weighted by atomic mass is 32.2. The molecule has 132 valence electrons. The summed E-state index contributed by atoms with van der Waals surface area (Å²) in [5.74, 6) is -0.551. The number of benzene rings is 1. The summed E-state index contributed by atoms with van der Waals surface area (Å²) in [7, 11) is -3.78. The monoisotopic (exact) mass is 354 g/mol. The smallest absolute Gasteiger partial charge is 0.243 e. The van der Waals surface area contributed by atoms with E-state index in [4.69, 9.17) is 5.73 Å². The highest BCUT2D eigenvalue weighted by molar-refractivity contribution is 7.89. The molecule has 1 aromatic carbocycles. The molecule has 0 saturated carbocycles. The van der Waals surface area contributed by atoms with Crippen molar-refractivity contribution in [2.75, 3.05) is 25.0 Å². The van der Waals surface area contributed by atoms with Gasteiger partial charge in [-0.15, -0.1) is 0 Å². The Bertz CT molecular complexity index is 718. The van der Waals surface area contributed by atoms with Crippen molar-refractivity contribution in [3.8, 4) is 0 Å². The van der Waals surface area contributed by atoms with E-state index in [0.29, 0.717) is 12.1 Å². The van der Waals surface area contributed by atoms with E-state index in [-0.39, 0.29) is 48.8 Å². The first-order valence-electron chi connectivity index (χ1n) is 7.71. The Labute approximate surface area is 141 Å². The van der Waals surface area contributed by atoms with Crippen LogP contribution in [0.2, 0.25) is 0 Å². The number of carbonyl (C=O) groups is 2. The number of piperazine rings is 1. The molecular formula is C15H22N4O4S.